The Morgan fingerprint density at radius 1 is 1.33 bits per heavy atom. The zero-order chi connectivity index (χ0) is 4.83. The average molecular weight is 127 g/mol. The molecule has 0 saturated heterocycles. The van der Waals surface area contributed by atoms with Crippen LogP contribution in [0, 0.1) is 5.53 Å². The van der Waals surface area contributed by atoms with Crippen molar-refractivity contribution >= 4 is 0 Å². The van der Waals surface area contributed by atoms with Crippen molar-refractivity contribution in [3.63, 3.8) is 0 Å². The van der Waals surface area contributed by atoms with E-state index in [1.807, 2.05) is 0 Å². The molecule has 0 radical (unpaired) electrons. The summed E-state index contributed by atoms with van der Waals surface area (Å²) < 4.78 is 2.92. The van der Waals surface area contributed by atoms with Crippen molar-refractivity contribution in [1.82, 2.24) is 0 Å². The Hall–Kier alpha value is -0.481. The third kappa shape index (κ3) is 3.52. The first-order valence-electron chi connectivity index (χ1n) is 0.982. The van der Waals surface area contributed by atoms with E-state index in [4.69, 9.17) is 5.53 Å². The third-order valence-corrected chi connectivity index (χ3v) is 0.215. The second-order valence-corrected chi connectivity index (χ2v) is 0.570. The molecule has 6 heteroatoms. The summed E-state index contributed by atoms with van der Waals surface area (Å²) in [6, 6.07) is 0. The molecular formula is HFeN5+. The minimum atomic E-state index is 2.50. The molecule has 0 atom stereocenters. The number of hydrogen-bond acceptors (Lipinski definition) is 2. The van der Waals surface area contributed by atoms with E-state index in [1.165, 1.54) is 0 Å². The van der Waals surface area contributed by atoms with Gasteiger partial charge in [-0.1, -0.05) is 0 Å². The van der Waals surface area contributed by atoms with Crippen LogP contribution in [0.15, 0.2) is 19.7 Å². The summed E-state index contributed by atoms with van der Waals surface area (Å²) in [4.78, 5) is 0. The quantitative estimate of drug-likeness (QED) is 0.326. The fourth-order valence-electron chi connectivity index (χ4n) is 0.0341. The van der Waals surface area contributed by atoms with E-state index in [0.29, 0.717) is 0 Å². The van der Waals surface area contributed by atoms with Gasteiger partial charge in [0.1, 0.15) is 0 Å². The fraction of sp³-hybridized carbons (Fsp3) is 0. The number of nitrogens with zero attached hydrogens (tertiary/aromatic N) is 4. The maximum atomic E-state index is 5.98. The molecule has 33 valence electrons. The SMILES string of the molecule is N=N/N=N/[N]=[Fe+]. The Kier molecular flexibility index (Phi) is 4.16. The van der Waals surface area contributed by atoms with E-state index in [9.17, 15) is 0 Å². The molecule has 0 fully saturated rings. The summed E-state index contributed by atoms with van der Waals surface area (Å²) >= 11 is 2.94. The molecule has 0 rings (SSSR count). The summed E-state index contributed by atoms with van der Waals surface area (Å²) in [5.41, 5.74) is 5.98. The molecule has 0 amide bonds. The Bertz CT molecular complexity index is 62.0. The number of nitrogens with one attached hydrogen (secondary N) is 1. The first-order chi connectivity index (χ1) is 2.91. The van der Waals surface area contributed by atoms with Crippen molar-refractivity contribution in [2.75, 3.05) is 0 Å². The summed E-state index contributed by atoms with van der Waals surface area (Å²) in [6.07, 6.45) is 0. The molecule has 0 aromatic carbocycles. The van der Waals surface area contributed by atoms with Gasteiger partial charge in [-0.15, -0.1) is 0 Å². The van der Waals surface area contributed by atoms with Crippen molar-refractivity contribution < 1.29 is 15.8 Å². The molecule has 0 aliphatic rings. The van der Waals surface area contributed by atoms with Gasteiger partial charge in [0.05, 0.1) is 0 Å². The van der Waals surface area contributed by atoms with Crippen LogP contribution in [0.2, 0.25) is 0 Å². The first-order valence-corrected chi connectivity index (χ1v) is 1.48. The van der Waals surface area contributed by atoms with Gasteiger partial charge in [-0.2, -0.15) is 0 Å². The molecule has 0 bridgehead atoms. The van der Waals surface area contributed by atoms with E-state index in [0.717, 1.165) is 0 Å². The summed E-state index contributed by atoms with van der Waals surface area (Å²) in [6.45, 7) is 0. The average Bonchev–Trinajstić information content (AvgIpc) is 1.61. The Balaban J connectivity index is 3.17. The van der Waals surface area contributed by atoms with Gasteiger partial charge in [0, 0.05) is 0 Å². The zero-order valence-corrected chi connectivity index (χ0v) is 3.75. The van der Waals surface area contributed by atoms with E-state index < -0.39 is 0 Å². The van der Waals surface area contributed by atoms with Gasteiger partial charge in [-0.25, -0.2) is 0 Å². The van der Waals surface area contributed by atoms with Crippen molar-refractivity contribution in [3.8, 4) is 0 Å². The second kappa shape index (κ2) is 4.52. The van der Waals surface area contributed by atoms with Gasteiger partial charge < -0.3 is 0 Å². The van der Waals surface area contributed by atoms with Gasteiger partial charge in [-0.05, 0) is 0 Å². The van der Waals surface area contributed by atoms with Crippen molar-refractivity contribution in [2.24, 2.45) is 19.7 Å². The van der Waals surface area contributed by atoms with Crippen LogP contribution < -0.4 is 0 Å². The summed E-state index contributed by atoms with van der Waals surface area (Å²) in [5.74, 6) is 0. The molecule has 0 saturated carbocycles. The van der Waals surface area contributed by atoms with E-state index >= 15 is 0 Å². The van der Waals surface area contributed by atoms with Gasteiger partial charge in [0.25, 0.3) is 0 Å². The van der Waals surface area contributed by atoms with Crippen LogP contribution in [0.4, 0.5) is 0 Å². The van der Waals surface area contributed by atoms with E-state index in [-0.39, 0.29) is 0 Å². The van der Waals surface area contributed by atoms with Crippen LogP contribution in [0.1, 0.15) is 0 Å². The van der Waals surface area contributed by atoms with Crippen LogP contribution in [-0.4, -0.2) is 0 Å². The fourth-order valence-corrected chi connectivity index (χ4v) is 0.0783. The Morgan fingerprint density at radius 3 is 2.17 bits per heavy atom. The maximum absolute atomic E-state index is 5.98. The zero-order valence-electron chi connectivity index (χ0n) is 2.64. The molecule has 0 aromatic heterocycles. The molecule has 0 aliphatic heterocycles. The third-order valence-electron chi connectivity index (χ3n) is 0.116. The van der Waals surface area contributed by atoms with E-state index in [1.54, 1.807) is 0 Å². The van der Waals surface area contributed by atoms with Crippen LogP contribution in [0.25, 0.3) is 0 Å². The van der Waals surface area contributed by atoms with Crippen LogP contribution in [-0.2, 0) is 15.8 Å². The van der Waals surface area contributed by atoms with Crippen molar-refractivity contribution in [1.29, 1.82) is 5.53 Å². The molecule has 0 spiro atoms. The predicted molar refractivity (Wildman–Crippen MR) is 12.4 cm³/mol. The minimum absolute atomic E-state index is 2.50. The normalized spacial score (nSPS) is 8.67. The number of hydrogen-bond donors (Lipinski definition) is 1. The summed E-state index contributed by atoms with van der Waals surface area (Å²) in [7, 11) is 0. The van der Waals surface area contributed by atoms with Crippen molar-refractivity contribution in [2.45, 2.75) is 0 Å². The van der Waals surface area contributed by atoms with Gasteiger partial charge in [0.2, 0.25) is 0 Å². The van der Waals surface area contributed by atoms with Crippen LogP contribution in [0.5, 0.6) is 0 Å². The standard InChI is InChI=1S/Fe.HN5/c;1-3-5-4-2/h;1H/q+1;/b;3-1?,5-4+. The molecule has 6 heavy (non-hydrogen) atoms. The number of rotatable bonds is 2. The molecule has 1 N–H and O–H groups in total. The van der Waals surface area contributed by atoms with Crippen LogP contribution in [0.3, 0.4) is 0 Å². The Labute approximate surface area is 41.9 Å². The summed E-state index contributed by atoms with van der Waals surface area (Å²) in [5, 5.41) is 8.15. The van der Waals surface area contributed by atoms with Gasteiger partial charge in [-0.3, -0.25) is 0 Å². The molecular weight excluding hydrogens is 126 g/mol. The van der Waals surface area contributed by atoms with Gasteiger partial charge in [0.15, 0.2) is 0 Å². The molecule has 0 aromatic rings. The molecule has 0 heterocycles. The Morgan fingerprint density at radius 2 is 2.00 bits per heavy atom. The molecule has 5 nitrogen and oxygen atoms in total. The van der Waals surface area contributed by atoms with E-state index in [2.05, 4.69) is 35.6 Å². The second-order valence-electron chi connectivity index (χ2n) is 0.350. The van der Waals surface area contributed by atoms with Crippen LogP contribution >= 0.6 is 0 Å². The predicted octanol–water partition coefficient (Wildman–Crippen LogP) is 1.03. The van der Waals surface area contributed by atoms with Gasteiger partial charge >= 0.3 is 41.1 Å². The van der Waals surface area contributed by atoms with Crippen molar-refractivity contribution in [3.05, 3.63) is 0 Å². The topological polar surface area (TPSA) is 73.3 Å². The monoisotopic (exact) mass is 127 g/mol. The molecule has 0 aliphatic carbocycles. The molecule has 0 unspecified atom stereocenters. The first kappa shape index (κ1) is 5.52.